The lowest BCUT2D eigenvalue weighted by molar-refractivity contribution is -0.392. The summed E-state index contributed by atoms with van der Waals surface area (Å²) in [5, 5.41) is 10.2. The van der Waals surface area contributed by atoms with Crippen LogP contribution in [0.5, 0.6) is 0 Å². The highest BCUT2D eigenvalue weighted by Crippen LogP contribution is 2.17. The summed E-state index contributed by atoms with van der Waals surface area (Å²) in [7, 11) is 0. The van der Waals surface area contributed by atoms with Crippen molar-refractivity contribution in [3.8, 4) is 0 Å². The second-order valence-electron chi connectivity index (χ2n) is 1.75. The van der Waals surface area contributed by atoms with Gasteiger partial charge < -0.3 is 10.1 Å². The lowest BCUT2D eigenvalue weighted by Gasteiger charge is -1.86. The molecule has 0 spiro atoms. The first-order valence-electron chi connectivity index (χ1n) is 2.51. The monoisotopic (exact) mass is 159 g/mol. The molecular weight excluding hydrogens is 154 g/mol. The summed E-state index contributed by atoms with van der Waals surface area (Å²) in [6.07, 6.45) is 0. The Kier molecular flexibility index (Phi) is 1.62. The van der Waals surface area contributed by atoms with Gasteiger partial charge in [0.2, 0.25) is 0 Å². The topological polar surface area (TPSA) is 71.8 Å². The van der Waals surface area contributed by atoms with E-state index in [1.54, 1.807) is 6.92 Å². The van der Waals surface area contributed by atoms with Gasteiger partial charge in [0.1, 0.15) is 0 Å². The summed E-state index contributed by atoms with van der Waals surface area (Å²) >= 11 is 3.77. The third-order valence-electron chi connectivity index (χ3n) is 0.967. The van der Waals surface area contributed by atoms with E-state index in [9.17, 15) is 10.1 Å². The Morgan fingerprint density at radius 1 is 1.80 bits per heavy atom. The van der Waals surface area contributed by atoms with Gasteiger partial charge in [0.25, 0.3) is 0 Å². The highest BCUT2D eigenvalue weighted by Gasteiger charge is 2.13. The van der Waals surface area contributed by atoms with Crippen LogP contribution in [0.1, 0.15) is 5.82 Å². The summed E-state index contributed by atoms with van der Waals surface area (Å²) in [6, 6.07) is 0. The zero-order valence-electron chi connectivity index (χ0n) is 5.16. The van der Waals surface area contributed by atoms with Gasteiger partial charge in [-0.2, -0.15) is 4.98 Å². The van der Waals surface area contributed by atoms with Crippen molar-refractivity contribution in [1.82, 2.24) is 9.97 Å². The van der Waals surface area contributed by atoms with Gasteiger partial charge in [-0.05, 0) is 4.92 Å². The van der Waals surface area contributed by atoms with Gasteiger partial charge in [-0.15, -0.1) is 12.6 Å². The van der Waals surface area contributed by atoms with Crippen LogP contribution in [0.25, 0.3) is 0 Å². The molecule has 0 saturated carbocycles. The first-order chi connectivity index (χ1) is 4.61. The fourth-order valence-electron chi connectivity index (χ4n) is 0.594. The molecule has 0 unspecified atom stereocenters. The molecule has 0 aromatic carbocycles. The number of nitrogens with zero attached hydrogens (tertiary/aromatic N) is 2. The minimum Gasteiger partial charge on any atom is -0.358 e. The van der Waals surface area contributed by atoms with E-state index >= 15 is 0 Å². The maximum absolute atomic E-state index is 10.1. The molecule has 6 heteroatoms. The van der Waals surface area contributed by atoms with Crippen molar-refractivity contribution >= 4 is 18.4 Å². The Bertz CT molecular complexity index is 269. The number of nitrogens with one attached hydrogen (secondary N) is 1. The first kappa shape index (κ1) is 7.07. The highest BCUT2D eigenvalue weighted by atomic mass is 32.1. The molecule has 0 radical (unpaired) electrons. The molecule has 1 rings (SSSR count). The SMILES string of the molecule is Cc1nc(S)c([N+](=O)[O-])[nH]1. The van der Waals surface area contributed by atoms with Gasteiger partial charge in [0, 0.05) is 6.92 Å². The van der Waals surface area contributed by atoms with Crippen molar-refractivity contribution in [2.45, 2.75) is 11.9 Å². The molecule has 1 aromatic rings. The molecule has 5 nitrogen and oxygen atoms in total. The van der Waals surface area contributed by atoms with E-state index in [-0.39, 0.29) is 10.8 Å². The summed E-state index contributed by atoms with van der Waals surface area (Å²) in [4.78, 5) is 15.7. The van der Waals surface area contributed by atoms with Gasteiger partial charge in [0.05, 0.1) is 0 Å². The molecule has 10 heavy (non-hydrogen) atoms. The molecule has 1 heterocycles. The minimum atomic E-state index is -0.553. The fourth-order valence-corrected chi connectivity index (χ4v) is 0.882. The van der Waals surface area contributed by atoms with Crippen LogP contribution in [0.4, 0.5) is 5.82 Å². The second-order valence-corrected chi connectivity index (χ2v) is 2.18. The number of aromatic nitrogens is 2. The largest absolute Gasteiger partial charge is 0.358 e. The van der Waals surface area contributed by atoms with Crippen LogP contribution < -0.4 is 0 Å². The average molecular weight is 159 g/mol. The third kappa shape index (κ3) is 1.10. The van der Waals surface area contributed by atoms with E-state index in [1.165, 1.54) is 0 Å². The van der Waals surface area contributed by atoms with E-state index in [1.807, 2.05) is 0 Å². The fraction of sp³-hybridized carbons (Fsp3) is 0.250. The lowest BCUT2D eigenvalue weighted by atomic mass is 10.7. The normalized spacial score (nSPS) is 9.80. The van der Waals surface area contributed by atoms with Gasteiger partial charge >= 0.3 is 5.82 Å². The van der Waals surface area contributed by atoms with Crippen LogP contribution >= 0.6 is 12.6 Å². The molecule has 0 atom stereocenters. The molecule has 0 bridgehead atoms. The zero-order chi connectivity index (χ0) is 7.72. The summed E-state index contributed by atoms with van der Waals surface area (Å²) < 4.78 is 0. The van der Waals surface area contributed by atoms with Crippen LogP contribution in [-0.4, -0.2) is 14.9 Å². The van der Waals surface area contributed by atoms with Crippen molar-refractivity contribution in [1.29, 1.82) is 0 Å². The first-order valence-corrected chi connectivity index (χ1v) is 2.96. The molecule has 54 valence electrons. The van der Waals surface area contributed by atoms with Gasteiger partial charge in [-0.1, -0.05) is 0 Å². The number of aromatic amines is 1. The van der Waals surface area contributed by atoms with Crippen molar-refractivity contribution in [3.63, 3.8) is 0 Å². The summed E-state index contributed by atoms with van der Waals surface area (Å²) in [6.45, 7) is 1.63. The minimum absolute atomic E-state index is 0.127. The lowest BCUT2D eigenvalue weighted by Crippen LogP contribution is -1.88. The van der Waals surface area contributed by atoms with Crippen molar-refractivity contribution in [2.75, 3.05) is 0 Å². The Hall–Kier alpha value is -1.04. The van der Waals surface area contributed by atoms with Gasteiger partial charge in [-0.3, -0.25) is 0 Å². The van der Waals surface area contributed by atoms with Crippen LogP contribution in [0.2, 0.25) is 0 Å². The van der Waals surface area contributed by atoms with E-state index in [0.29, 0.717) is 5.82 Å². The van der Waals surface area contributed by atoms with Crippen LogP contribution in [0, 0.1) is 17.0 Å². The number of aryl methyl sites for hydroxylation is 1. The number of H-pyrrole nitrogens is 1. The van der Waals surface area contributed by atoms with Gasteiger partial charge in [0.15, 0.2) is 10.9 Å². The summed E-state index contributed by atoms with van der Waals surface area (Å²) in [5.74, 6) is 0.345. The van der Waals surface area contributed by atoms with Crippen LogP contribution in [0.3, 0.4) is 0 Å². The maximum Gasteiger partial charge on any atom is 0.354 e. The van der Waals surface area contributed by atoms with Crippen LogP contribution in [-0.2, 0) is 0 Å². The predicted molar refractivity (Wildman–Crippen MR) is 37.2 cm³/mol. The number of rotatable bonds is 1. The quantitative estimate of drug-likeness (QED) is 0.363. The van der Waals surface area contributed by atoms with Crippen LogP contribution in [0.15, 0.2) is 5.03 Å². The third-order valence-corrected chi connectivity index (χ3v) is 1.28. The van der Waals surface area contributed by atoms with E-state index in [2.05, 4.69) is 22.6 Å². The maximum atomic E-state index is 10.1. The van der Waals surface area contributed by atoms with E-state index < -0.39 is 4.92 Å². The number of thiol groups is 1. The number of hydrogen-bond donors (Lipinski definition) is 2. The van der Waals surface area contributed by atoms with E-state index in [4.69, 9.17) is 0 Å². The molecule has 0 amide bonds. The number of hydrogen-bond acceptors (Lipinski definition) is 4. The number of nitro groups is 1. The molecule has 0 aliphatic heterocycles. The Morgan fingerprint density at radius 2 is 2.40 bits per heavy atom. The van der Waals surface area contributed by atoms with Crippen molar-refractivity contribution in [3.05, 3.63) is 15.9 Å². The Labute approximate surface area is 62.0 Å². The molecule has 0 aliphatic carbocycles. The molecule has 0 fully saturated rings. The molecule has 0 aliphatic rings. The van der Waals surface area contributed by atoms with Gasteiger partial charge in [-0.25, -0.2) is 4.98 Å². The highest BCUT2D eigenvalue weighted by molar-refractivity contribution is 7.80. The van der Waals surface area contributed by atoms with Crippen molar-refractivity contribution < 1.29 is 4.92 Å². The van der Waals surface area contributed by atoms with E-state index in [0.717, 1.165) is 0 Å². The summed E-state index contributed by atoms with van der Waals surface area (Å²) in [5.41, 5.74) is 0. The predicted octanol–water partition coefficient (Wildman–Crippen LogP) is 0.915. The average Bonchev–Trinajstić information content (AvgIpc) is 2.10. The molecule has 1 N–H and O–H groups in total. The standard InChI is InChI=1S/C4H5N3O2S/c1-2-5-3(7(8)9)4(10)6-2/h10H,1H3,(H,5,6). The molecule has 1 aromatic heterocycles. The molecular formula is C4H5N3O2S. The smallest absolute Gasteiger partial charge is 0.354 e. The number of imidazole rings is 1. The zero-order valence-corrected chi connectivity index (χ0v) is 6.05. The van der Waals surface area contributed by atoms with Crippen molar-refractivity contribution in [2.24, 2.45) is 0 Å². The second kappa shape index (κ2) is 2.30. The molecule has 0 saturated heterocycles. The Morgan fingerprint density at radius 3 is 2.60 bits per heavy atom. The Balaban J connectivity index is 3.15.